The van der Waals surface area contributed by atoms with Crippen LogP contribution in [0.25, 0.3) is 0 Å². The molecule has 1 N–H and O–H groups in total. The van der Waals surface area contributed by atoms with Crippen LogP contribution >= 0.6 is 22.6 Å². The number of carboxylic acid groups (broad SMARTS) is 1. The van der Waals surface area contributed by atoms with E-state index in [1.165, 1.54) is 6.07 Å². The molecule has 0 saturated carbocycles. The number of aromatic carboxylic acids is 1. The molecule has 0 radical (unpaired) electrons. The van der Waals surface area contributed by atoms with Crippen LogP contribution in [0.2, 0.25) is 0 Å². The number of rotatable bonds is 6. The fourth-order valence-corrected chi connectivity index (χ4v) is 2.05. The summed E-state index contributed by atoms with van der Waals surface area (Å²) in [5, 5.41) is 8.76. The van der Waals surface area contributed by atoms with Crippen LogP contribution in [-0.2, 0) is 4.74 Å². The van der Waals surface area contributed by atoms with Crippen LogP contribution in [-0.4, -0.2) is 31.4 Å². The summed E-state index contributed by atoms with van der Waals surface area (Å²) < 4.78 is 15.5. The minimum Gasteiger partial charge on any atom is -0.485 e. The van der Waals surface area contributed by atoms with Crippen LogP contribution < -0.4 is 10.4 Å². The summed E-state index contributed by atoms with van der Waals surface area (Å²) in [5.74, 6) is -1.67. The maximum absolute atomic E-state index is 11.6. The second kappa shape index (κ2) is 6.38. The Kier molecular flexibility index (Phi) is 5.36. The van der Waals surface area contributed by atoms with Gasteiger partial charge in [0, 0.05) is 18.6 Å². The Balaban J connectivity index is 2.91. The zero-order chi connectivity index (χ0) is 14.6. The largest absolute Gasteiger partial charge is 0.485 e. The standard InChI is InChI=1S/C12H15IO6/c1-12(2,5-17-3)6-18-9-7(13)4-8(10(14)15)19-11(9)16/h4H,5-6H2,1-3H3,(H,14,15). The molecule has 6 nitrogen and oxygen atoms in total. The summed E-state index contributed by atoms with van der Waals surface area (Å²) in [6.07, 6.45) is 0. The van der Waals surface area contributed by atoms with Gasteiger partial charge in [0.1, 0.15) is 0 Å². The lowest BCUT2D eigenvalue weighted by atomic mass is 9.96. The van der Waals surface area contributed by atoms with Crippen LogP contribution in [0.3, 0.4) is 0 Å². The molecule has 0 spiro atoms. The van der Waals surface area contributed by atoms with E-state index in [1.54, 1.807) is 7.11 Å². The zero-order valence-electron chi connectivity index (χ0n) is 10.9. The second-order valence-corrected chi connectivity index (χ2v) is 5.93. The van der Waals surface area contributed by atoms with Gasteiger partial charge >= 0.3 is 11.6 Å². The lowest BCUT2D eigenvalue weighted by Gasteiger charge is -2.23. The summed E-state index contributed by atoms with van der Waals surface area (Å²) in [5.41, 5.74) is -1.06. The number of hydrogen-bond donors (Lipinski definition) is 1. The Morgan fingerprint density at radius 3 is 2.58 bits per heavy atom. The van der Waals surface area contributed by atoms with Gasteiger partial charge in [-0.15, -0.1) is 0 Å². The highest BCUT2D eigenvalue weighted by atomic mass is 127. The van der Waals surface area contributed by atoms with Gasteiger partial charge in [-0.05, 0) is 22.6 Å². The number of halogens is 1. The SMILES string of the molecule is COCC(C)(C)COc1c(I)cc(C(=O)O)oc1=O. The molecule has 0 saturated heterocycles. The van der Waals surface area contributed by atoms with Gasteiger partial charge in [0.2, 0.25) is 11.5 Å². The van der Waals surface area contributed by atoms with Crippen molar-refractivity contribution in [3.63, 3.8) is 0 Å². The van der Waals surface area contributed by atoms with Crippen molar-refractivity contribution in [3.8, 4) is 5.75 Å². The van der Waals surface area contributed by atoms with Gasteiger partial charge in [-0.1, -0.05) is 13.8 Å². The highest BCUT2D eigenvalue weighted by Crippen LogP contribution is 2.21. The molecule has 0 aliphatic carbocycles. The van der Waals surface area contributed by atoms with Gasteiger partial charge in [0.15, 0.2) is 0 Å². The molecule has 0 atom stereocenters. The Morgan fingerprint density at radius 1 is 1.47 bits per heavy atom. The van der Waals surface area contributed by atoms with Gasteiger partial charge in [-0.25, -0.2) is 9.59 Å². The fraction of sp³-hybridized carbons (Fsp3) is 0.500. The first-order chi connectivity index (χ1) is 8.76. The molecule has 1 aromatic rings. The molecule has 106 valence electrons. The average Bonchev–Trinajstić information content (AvgIpc) is 2.27. The van der Waals surface area contributed by atoms with E-state index in [0.29, 0.717) is 10.2 Å². The van der Waals surface area contributed by atoms with E-state index in [2.05, 4.69) is 4.42 Å². The molecular formula is C12H15IO6. The normalized spacial score (nSPS) is 11.4. The van der Waals surface area contributed by atoms with Crippen molar-refractivity contribution in [3.05, 3.63) is 25.8 Å². The van der Waals surface area contributed by atoms with E-state index in [0.717, 1.165) is 0 Å². The predicted octanol–water partition coefficient (Wildman–Crippen LogP) is 1.99. The summed E-state index contributed by atoms with van der Waals surface area (Å²) in [7, 11) is 1.58. The fourth-order valence-electron chi connectivity index (χ4n) is 1.39. The van der Waals surface area contributed by atoms with Crippen LogP contribution in [0.5, 0.6) is 5.75 Å². The Morgan fingerprint density at radius 2 is 2.11 bits per heavy atom. The van der Waals surface area contributed by atoms with Gasteiger partial charge < -0.3 is 19.0 Å². The second-order valence-electron chi connectivity index (χ2n) is 4.77. The molecule has 0 bridgehead atoms. The van der Waals surface area contributed by atoms with Crippen LogP contribution in [0, 0.1) is 8.99 Å². The Hall–Kier alpha value is -1.09. The topological polar surface area (TPSA) is 86.0 Å². The third-order valence-corrected chi connectivity index (χ3v) is 3.02. The lowest BCUT2D eigenvalue weighted by Crippen LogP contribution is -2.28. The van der Waals surface area contributed by atoms with Crippen molar-refractivity contribution < 1.29 is 23.8 Å². The zero-order valence-corrected chi connectivity index (χ0v) is 13.0. The molecule has 0 amide bonds. The predicted molar refractivity (Wildman–Crippen MR) is 75.8 cm³/mol. The molecule has 0 aliphatic heterocycles. The highest BCUT2D eigenvalue weighted by Gasteiger charge is 2.22. The summed E-state index contributed by atoms with van der Waals surface area (Å²) in [6.45, 7) is 4.59. The highest BCUT2D eigenvalue weighted by molar-refractivity contribution is 14.1. The van der Waals surface area contributed by atoms with Gasteiger partial charge in [-0.3, -0.25) is 0 Å². The molecule has 0 aromatic carbocycles. The van der Waals surface area contributed by atoms with E-state index in [1.807, 2.05) is 36.4 Å². The van der Waals surface area contributed by atoms with Crippen molar-refractivity contribution in [1.29, 1.82) is 0 Å². The maximum atomic E-state index is 11.6. The molecule has 19 heavy (non-hydrogen) atoms. The smallest absolute Gasteiger partial charge is 0.380 e. The van der Waals surface area contributed by atoms with Crippen molar-refractivity contribution >= 4 is 28.6 Å². The minimum absolute atomic E-state index is 0.0229. The number of carbonyl (C=O) groups is 1. The van der Waals surface area contributed by atoms with E-state index >= 15 is 0 Å². The first-order valence-electron chi connectivity index (χ1n) is 5.45. The van der Waals surface area contributed by atoms with E-state index in [-0.39, 0.29) is 17.8 Å². The van der Waals surface area contributed by atoms with E-state index < -0.39 is 17.4 Å². The molecular weight excluding hydrogens is 367 g/mol. The molecule has 0 aliphatic rings. The van der Waals surface area contributed by atoms with Gasteiger partial charge in [0.25, 0.3) is 0 Å². The Labute approximate surface area is 123 Å². The van der Waals surface area contributed by atoms with Crippen molar-refractivity contribution in [2.75, 3.05) is 20.3 Å². The molecule has 1 rings (SSSR count). The first kappa shape index (κ1) is 16.0. The third-order valence-electron chi connectivity index (χ3n) is 2.22. The summed E-state index contributed by atoms with van der Waals surface area (Å²) in [4.78, 5) is 22.4. The Bertz CT molecular complexity index is 519. The van der Waals surface area contributed by atoms with Gasteiger partial charge in [0.05, 0.1) is 16.8 Å². The monoisotopic (exact) mass is 382 g/mol. The van der Waals surface area contributed by atoms with Crippen LogP contribution in [0.15, 0.2) is 15.3 Å². The van der Waals surface area contributed by atoms with E-state index in [9.17, 15) is 9.59 Å². The van der Waals surface area contributed by atoms with Crippen LogP contribution in [0.4, 0.5) is 0 Å². The minimum atomic E-state index is -1.29. The molecule has 7 heteroatoms. The van der Waals surface area contributed by atoms with Crippen molar-refractivity contribution in [1.82, 2.24) is 0 Å². The molecule has 0 fully saturated rings. The average molecular weight is 382 g/mol. The summed E-state index contributed by atoms with van der Waals surface area (Å²) >= 11 is 1.84. The number of carboxylic acids is 1. The number of methoxy groups -OCH3 is 1. The molecule has 0 unspecified atom stereocenters. The van der Waals surface area contributed by atoms with Crippen molar-refractivity contribution in [2.45, 2.75) is 13.8 Å². The van der Waals surface area contributed by atoms with Crippen molar-refractivity contribution in [2.24, 2.45) is 5.41 Å². The lowest BCUT2D eigenvalue weighted by molar-refractivity contribution is 0.0610. The number of ether oxygens (including phenoxy) is 2. The van der Waals surface area contributed by atoms with Gasteiger partial charge in [-0.2, -0.15) is 0 Å². The maximum Gasteiger partial charge on any atom is 0.380 e. The van der Waals surface area contributed by atoms with Crippen LogP contribution in [0.1, 0.15) is 24.4 Å². The quantitative estimate of drug-likeness (QED) is 0.758. The first-order valence-corrected chi connectivity index (χ1v) is 6.53. The molecule has 1 aromatic heterocycles. The summed E-state index contributed by atoms with van der Waals surface area (Å²) in [6, 6.07) is 1.25. The number of hydrogen-bond acceptors (Lipinski definition) is 5. The van der Waals surface area contributed by atoms with E-state index in [4.69, 9.17) is 14.6 Å². The third kappa shape index (κ3) is 4.50. The molecule has 1 heterocycles.